The van der Waals surface area contributed by atoms with E-state index >= 15 is 0 Å². The molecule has 3 nitrogen and oxygen atoms in total. The SMILES string of the molecule is CC1=N[C@]2(c3ccccc3Cl)CCC[C@H](O1)C2=O. The third-order valence-corrected chi connectivity index (χ3v) is 4.02. The van der Waals surface area contributed by atoms with E-state index in [-0.39, 0.29) is 11.9 Å². The van der Waals surface area contributed by atoms with Gasteiger partial charge in [-0.3, -0.25) is 4.79 Å². The summed E-state index contributed by atoms with van der Waals surface area (Å²) in [6, 6.07) is 7.46. The Labute approximate surface area is 111 Å². The van der Waals surface area contributed by atoms with Gasteiger partial charge in [0.05, 0.1) is 0 Å². The molecule has 1 aromatic rings. The van der Waals surface area contributed by atoms with E-state index in [1.54, 1.807) is 6.92 Å². The molecule has 18 heavy (non-hydrogen) atoms. The standard InChI is InChI=1S/C14H14ClNO2/c1-9-16-14(10-5-2-3-6-11(10)15)8-4-7-12(18-9)13(14)17/h2-3,5-6,12H,4,7-8H2,1H3/t12-,14-/m0/s1. The van der Waals surface area contributed by atoms with Crippen molar-refractivity contribution in [3.63, 3.8) is 0 Å². The van der Waals surface area contributed by atoms with E-state index in [2.05, 4.69) is 4.99 Å². The summed E-state index contributed by atoms with van der Waals surface area (Å²) in [6.45, 7) is 1.80. The normalized spacial score (nSPS) is 30.7. The first kappa shape index (κ1) is 11.7. The van der Waals surface area contributed by atoms with E-state index in [1.165, 1.54) is 0 Å². The monoisotopic (exact) mass is 263 g/mol. The molecule has 0 aromatic heterocycles. The Morgan fingerprint density at radius 3 is 3.00 bits per heavy atom. The maximum Gasteiger partial charge on any atom is 0.205 e. The summed E-state index contributed by atoms with van der Waals surface area (Å²) in [5.74, 6) is 0.631. The average Bonchev–Trinajstić information content (AvgIpc) is 2.32. The molecule has 1 aliphatic heterocycles. The minimum atomic E-state index is -0.816. The number of aliphatic imine (C=N–C) groups is 1. The molecule has 0 N–H and O–H groups in total. The minimum absolute atomic E-state index is 0.0486. The number of fused-ring (bicyclic) bond motifs is 2. The zero-order chi connectivity index (χ0) is 12.8. The number of rotatable bonds is 1. The number of carbonyl (C=O) groups is 1. The van der Waals surface area contributed by atoms with Crippen LogP contribution < -0.4 is 0 Å². The fraction of sp³-hybridized carbons (Fsp3) is 0.429. The maximum atomic E-state index is 12.5. The molecule has 0 radical (unpaired) electrons. The van der Waals surface area contributed by atoms with Crippen molar-refractivity contribution in [3.8, 4) is 0 Å². The van der Waals surface area contributed by atoms with Crippen LogP contribution in [0.1, 0.15) is 31.7 Å². The third-order valence-electron chi connectivity index (χ3n) is 3.69. The lowest BCUT2D eigenvalue weighted by Crippen LogP contribution is -2.50. The first-order valence-corrected chi connectivity index (χ1v) is 6.54. The van der Waals surface area contributed by atoms with Crippen LogP contribution in [0.15, 0.2) is 29.3 Å². The molecular weight excluding hydrogens is 250 g/mol. The Morgan fingerprint density at radius 2 is 2.22 bits per heavy atom. The summed E-state index contributed by atoms with van der Waals surface area (Å²) in [5.41, 5.74) is -0.00660. The molecule has 1 heterocycles. The number of hydrogen-bond donors (Lipinski definition) is 0. The number of hydrogen-bond acceptors (Lipinski definition) is 3. The van der Waals surface area contributed by atoms with Crippen LogP contribution in [0, 0.1) is 0 Å². The molecule has 1 fully saturated rings. The first-order valence-electron chi connectivity index (χ1n) is 6.16. The smallest absolute Gasteiger partial charge is 0.205 e. The van der Waals surface area contributed by atoms with Gasteiger partial charge in [0.2, 0.25) is 5.78 Å². The molecule has 2 atom stereocenters. The summed E-state index contributed by atoms with van der Waals surface area (Å²) in [7, 11) is 0. The van der Waals surface area contributed by atoms with Crippen LogP contribution in [-0.4, -0.2) is 17.8 Å². The second kappa shape index (κ2) is 4.09. The molecule has 0 amide bonds. The number of halogens is 1. The number of benzene rings is 1. The van der Waals surface area contributed by atoms with Gasteiger partial charge in [0.25, 0.3) is 0 Å². The van der Waals surface area contributed by atoms with Crippen molar-refractivity contribution in [3.05, 3.63) is 34.9 Å². The molecule has 1 aliphatic carbocycles. The maximum absolute atomic E-state index is 12.5. The van der Waals surface area contributed by atoms with Crippen molar-refractivity contribution in [2.45, 2.75) is 37.8 Å². The van der Waals surface area contributed by atoms with E-state index in [0.29, 0.717) is 17.3 Å². The van der Waals surface area contributed by atoms with Crippen molar-refractivity contribution in [1.82, 2.24) is 0 Å². The van der Waals surface area contributed by atoms with Crippen LogP contribution in [0.25, 0.3) is 0 Å². The summed E-state index contributed by atoms with van der Waals surface area (Å²) >= 11 is 6.25. The molecule has 3 rings (SSSR count). The molecule has 2 bridgehead atoms. The number of Topliss-reactive ketones (excluding diaryl/α,β-unsaturated/α-hetero) is 1. The number of carbonyl (C=O) groups excluding carboxylic acids is 1. The second-order valence-electron chi connectivity index (χ2n) is 4.83. The number of ether oxygens (including phenoxy) is 1. The van der Waals surface area contributed by atoms with Crippen molar-refractivity contribution in [2.75, 3.05) is 0 Å². The van der Waals surface area contributed by atoms with Crippen LogP contribution in [-0.2, 0) is 15.1 Å². The van der Waals surface area contributed by atoms with Gasteiger partial charge in [-0.05, 0) is 25.3 Å². The molecule has 4 heteroatoms. The molecule has 1 aromatic carbocycles. The van der Waals surface area contributed by atoms with Crippen LogP contribution in [0.5, 0.6) is 0 Å². The van der Waals surface area contributed by atoms with Gasteiger partial charge >= 0.3 is 0 Å². The lowest BCUT2D eigenvalue weighted by Gasteiger charge is -2.40. The van der Waals surface area contributed by atoms with Crippen molar-refractivity contribution >= 4 is 23.3 Å². The second-order valence-corrected chi connectivity index (χ2v) is 5.24. The Kier molecular flexibility index (Phi) is 2.67. The third kappa shape index (κ3) is 1.57. The average molecular weight is 264 g/mol. The van der Waals surface area contributed by atoms with Crippen LogP contribution in [0.4, 0.5) is 0 Å². The van der Waals surface area contributed by atoms with Crippen LogP contribution >= 0.6 is 11.6 Å². The molecule has 0 saturated heterocycles. The highest BCUT2D eigenvalue weighted by atomic mass is 35.5. The van der Waals surface area contributed by atoms with E-state index in [9.17, 15) is 4.79 Å². The largest absolute Gasteiger partial charge is 0.470 e. The minimum Gasteiger partial charge on any atom is -0.470 e. The van der Waals surface area contributed by atoms with E-state index in [0.717, 1.165) is 18.4 Å². The summed E-state index contributed by atoms with van der Waals surface area (Å²) in [6.07, 6.45) is 2.07. The molecule has 0 unspecified atom stereocenters. The zero-order valence-corrected chi connectivity index (χ0v) is 10.9. The van der Waals surface area contributed by atoms with E-state index < -0.39 is 5.54 Å². The zero-order valence-electron chi connectivity index (χ0n) is 10.1. The quantitative estimate of drug-likeness (QED) is 0.781. The summed E-state index contributed by atoms with van der Waals surface area (Å²) in [5, 5.41) is 0.602. The van der Waals surface area contributed by atoms with Crippen molar-refractivity contribution < 1.29 is 9.53 Å². The van der Waals surface area contributed by atoms with Gasteiger partial charge in [-0.15, -0.1) is 0 Å². The topological polar surface area (TPSA) is 38.7 Å². The molecule has 0 spiro atoms. The van der Waals surface area contributed by atoms with Crippen molar-refractivity contribution in [1.29, 1.82) is 0 Å². The first-order chi connectivity index (χ1) is 8.63. The van der Waals surface area contributed by atoms with Gasteiger partial charge in [0, 0.05) is 17.5 Å². The predicted octanol–water partition coefficient (Wildman–Crippen LogP) is 3.11. The van der Waals surface area contributed by atoms with Gasteiger partial charge in [-0.1, -0.05) is 29.8 Å². The predicted molar refractivity (Wildman–Crippen MR) is 70.0 cm³/mol. The highest BCUT2D eigenvalue weighted by Gasteiger charge is 2.50. The Morgan fingerprint density at radius 1 is 1.44 bits per heavy atom. The Hall–Kier alpha value is -1.35. The van der Waals surface area contributed by atoms with Gasteiger partial charge in [0.15, 0.2) is 17.5 Å². The van der Waals surface area contributed by atoms with Gasteiger partial charge in [-0.25, -0.2) is 4.99 Å². The van der Waals surface area contributed by atoms with Gasteiger partial charge < -0.3 is 4.74 Å². The highest BCUT2D eigenvalue weighted by Crippen LogP contribution is 2.44. The molecular formula is C14H14ClNO2. The van der Waals surface area contributed by atoms with E-state index in [1.807, 2.05) is 24.3 Å². The molecule has 94 valence electrons. The summed E-state index contributed by atoms with van der Waals surface area (Å²) in [4.78, 5) is 17.0. The lowest BCUT2D eigenvalue weighted by atomic mass is 9.74. The molecule has 1 saturated carbocycles. The fourth-order valence-electron chi connectivity index (χ4n) is 2.91. The van der Waals surface area contributed by atoms with Crippen LogP contribution in [0.3, 0.4) is 0 Å². The van der Waals surface area contributed by atoms with E-state index in [4.69, 9.17) is 16.3 Å². The highest BCUT2D eigenvalue weighted by molar-refractivity contribution is 6.32. The van der Waals surface area contributed by atoms with Gasteiger partial charge in [-0.2, -0.15) is 0 Å². The fourth-order valence-corrected chi connectivity index (χ4v) is 3.20. The number of nitrogens with zero attached hydrogens (tertiary/aromatic N) is 1. The Bertz CT molecular complexity index is 540. The molecule has 2 aliphatic rings. The van der Waals surface area contributed by atoms with Gasteiger partial charge in [0.1, 0.15) is 0 Å². The number of ketones is 1. The van der Waals surface area contributed by atoms with Crippen molar-refractivity contribution in [2.24, 2.45) is 4.99 Å². The summed E-state index contributed by atoms with van der Waals surface area (Å²) < 4.78 is 5.51. The lowest BCUT2D eigenvalue weighted by molar-refractivity contribution is -0.137. The Balaban J connectivity index is 2.20. The van der Waals surface area contributed by atoms with Crippen LogP contribution in [0.2, 0.25) is 5.02 Å².